The molecule has 0 bridgehead atoms. The lowest BCUT2D eigenvalue weighted by Gasteiger charge is -2.09. The number of hydrogen-bond donors (Lipinski definition) is 0. The molecule has 2 aromatic carbocycles. The molecular formula is C22H19FN2O3S2. The molecule has 8 heteroatoms. The molecule has 0 saturated heterocycles. The van der Waals surface area contributed by atoms with Gasteiger partial charge >= 0.3 is 0 Å². The Morgan fingerprint density at radius 1 is 1.23 bits per heavy atom. The third-order valence-electron chi connectivity index (χ3n) is 4.47. The number of Topliss-reactive ketones (excluding diaryl/α,β-unsaturated/α-hetero) is 1. The summed E-state index contributed by atoms with van der Waals surface area (Å²) in [5.41, 5.74) is 2.15. The Morgan fingerprint density at radius 3 is 2.67 bits per heavy atom. The number of halogens is 1. The zero-order valence-electron chi connectivity index (χ0n) is 16.6. The topological polar surface area (TPSA) is 72.2 Å². The van der Waals surface area contributed by atoms with Gasteiger partial charge in [0.2, 0.25) is 0 Å². The Hall–Kier alpha value is -2.89. The zero-order chi connectivity index (χ0) is 21.7. The molecule has 0 aliphatic carbocycles. The van der Waals surface area contributed by atoms with Crippen LogP contribution < -0.4 is 9.47 Å². The number of ether oxygens (including phenoxy) is 2. The molecular weight excluding hydrogens is 423 g/mol. The van der Waals surface area contributed by atoms with Gasteiger partial charge in [0.25, 0.3) is 0 Å². The van der Waals surface area contributed by atoms with Gasteiger partial charge in [0.05, 0.1) is 26.0 Å². The molecule has 1 aromatic heterocycles. The third kappa shape index (κ3) is 4.48. The summed E-state index contributed by atoms with van der Waals surface area (Å²) in [5.74, 6) is -0.210. The number of rotatable bonds is 8. The maximum absolute atomic E-state index is 13.9. The van der Waals surface area contributed by atoms with Gasteiger partial charge in [0, 0.05) is 22.3 Å². The summed E-state index contributed by atoms with van der Waals surface area (Å²) < 4.78 is 24.5. The van der Waals surface area contributed by atoms with Crippen molar-refractivity contribution in [3.63, 3.8) is 0 Å². The second-order valence-corrected chi connectivity index (χ2v) is 8.06. The quantitative estimate of drug-likeness (QED) is 0.440. The maximum atomic E-state index is 13.9. The molecule has 0 radical (unpaired) electrons. The van der Waals surface area contributed by atoms with Crippen molar-refractivity contribution >= 4 is 28.9 Å². The van der Waals surface area contributed by atoms with Gasteiger partial charge in [0.1, 0.15) is 10.8 Å². The van der Waals surface area contributed by atoms with Crippen molar-refractivity contribution in [2.45, 2.75) is 11.7 Å². The van der Waals surface area contributed by atoms with E-state index in [0.29, 0.717) is 39.1 Å². The number of nitrogens with zero attached hydrogens (tertiary/aromatic N) is 2. The molecule has 0 N–H and O–H groups in total. The van der Waals surface area contributed by atoms with Crippen molar-refractivity contribution < 1.29 is 18.7 Å². The lowest BCUT2D eigenvalue weighted by molar-refractivity contribution is 0.0978. The van der Waals surface area contributed by atoms with Crippen LogP contribution in [0.2, 0.25) is 0 Å². The van der Waals surface area contributed by atoms with Crippen LogP contribution in [0.4, 0.5) is 4.39 Å². The minimum absolute atomic E-state index is 0.301. The molecule has 3 rings (SSSR count). The summed E-state index contributed by atoms with van der Waals surface area (Å²) in [6.45, 7) is 0. The fraction of sp³-hybridized carbons (Fsp3) is 0.227. The lowest BCUT2D eigenvalue weighted by Crippen LogP contribution is -2.12. The molecule has 0 aliphatic rings. The average Bonchev–Trinajstić information content (AvgIpc) is 3.25. The molecule has 5 nitrogen and oxygen atoms in total. The van der Waals surface area contributed by atoms with E-state index in [4.69, 9.17) is 9.47 Å². The number of thioether (sulfide) groups is 1. The summed E-state index contributed by atoms with van der Waals surface area (Å²) in [6.07, 6.45) is 1.86. The lowest BCUT2D eigenvalue weighted by atomic mass is 9.98. The van der Waals surface area contributed by atoms with E-state index < -0.39 is 11.7 Å². The van der Waals surface area contributed by atoms with Gasteiger partial charge < -0.3 is 9.47 Å². The highest BCUT2D eigenvalue weighted by atomic mass is 32.2. The molecule has 0 saturated carbocycles. The molecule has 0 fully saturated rings. The van der Waals surface area contributed by atoms with Crippen LogP contribution in [0.5, 0.6) is 11.5 Å². The van der Waals surface area contributed by atoms with Crippen LogP contribution in [0.1, 0.15) is 26.8 Å². The number of hydrogen-bond acceptors (Lipinski definition) is 7. The van der Waals surface area contributed by atoms with Crippen LogP contribution in [0, 0.1) is 17.1 Å². The van der Waals surface area contributed by atoms with Crippen molar-refractivity contribution in [1.82, 2.24) is 4.98 Å². The number of ketones is 1. The van der Waals surface area contributed by atoms with Gasteiger partial charge in [-0.25, -0.2) is 9.37 Å². The van der Waals surface area contributed by atoms with Crippen LogP contribution in [0.3, 0.4) is 0 Å². The zero-order valence-corrected chi connectivity index (χ0v) is 18.3. The summed E-state index contributed by atoms with van der Waals surface area (Å²) in [6, 6.07) is 11.6. The number of thiazole rings is 1. The highest BCUT2D eigenvalue weighted by Gasteiger charge is 2.26. The molecule has 0 aliphatic heterocycles. The Kier molecular flexibility index (Phi) is 7.08. The molecule has 0 spiro atoms. The second kappa shape index (κ2) is 9.74. The van der Waals surface area contributed by atoms with E-state index in [0.717, 1.165) is 5.56 Å². The molecule has 30 heavy (non-hydrogen) atoms. The molecule has 3 aromatic rings. The monoisotopic (exact) mass is 442 g/mol. The average molecular weight is 443 g/mol. The molecule has 0 amide bonds. The van der Waals surface area contributed by atoms with Gasteiger partial charge in [-0.3, -0.25) is 4.79 Å². The number of carbonyl (C=O) groups excluding carboxylic acids is 1. The number of nitriles is 1. The minimum atomic E-state index is -1.06. The van der Waals surface area contributed by atoms with Crippen molar-refractivity contribution in [2.75, 3.05) is 20.5 Å². The van der Waals surface area contributed by atoms with Gasteiger partial charge in [-0.1, -0.05) is 0 Å². The molecule has 1 atom stereocenters. The van der Waals surface area contributed by atoms with E-state index in [1.165, 1.54) is 41.3 Å². The SMILES string of the molecule is COc1ccc(-c2csc(C(C#N)C(=O)c3ccc(F)c(CSC)c3)n2)cc1OC. The van der Waals surface area contributed by atoms with Gasteiger partial charge in [-0.2, -0.15) is 17.0 Å². The summed E-state index contributed by atoms with van der Waals surface area (Å²) in [7, 11) is 3.11. The standard InChI is InChI=1S/C22H19FN2O3S2/c1-27-19-7-5-13(9-20(19)28-2)18-12-30-22(25-18)16(10-24)21(26)14-4-6-17(23)15(8-14)11-29-3/h4-9,12,16H,11H2,1-3H3. The highest BCUT2D eigenvalue weighted by molar-refractivity contribution is 7.97. The largest absolute Gasteiger partial charge is 0.493 e. The van der Waals surface area contributed by atoms with E-state index in [9.17, 15) is 14.4 Å². The second-order valence-electron chi connectivity index (χ2n) is 6.31. The van der Waals surface area contributed by atoms with Gasteiger partial charge in [-0.05, 0) is 48.2 Å². The van der Waals surface area contributed by atoms with Crippen LogP contribution in [-0.2, 0) is 5.75 Å². The van der Waals surface area contributed by atoms with E-state index in [1.807, 2.05) is 18.4 Å². The molecule has 1 unspecified atom stereocenters. The number of carbonyl (C=O) groups is 1. The third-order valence-corrected chi connectivity index (χ3v) is 5.98. The van der Waals surface area contributed by atoms with E-state index in [1.54, 1.807) is 31.7 Å². The first kappa shape index (κ1) is 21.8. The Balaban J connectivity index is 1.90. The Labute approximate surface area is 182 Å². The summed E-state index contributed by atoms with van der Waals surface area (Å²) in [4.78, 5) is 17.5. The van der Waals surface area contributed by atoms with Crippen LogP contribution in [0.15, 0.2) is 41.8 Å². The Morgan fingerprint density at radius 2 is 2.00 bits per heavy atom. The van der Waals surface area contributed by atoms with Crippen molar-refractivity contribution in [2.24, 2.45) is 0 Å². The van der Waals surface area contributed by atoms with Gasteiger partial charge in [-0.15, -0.1) is 11.3 Å². The Bertz CT molecular complexity index is 1110. The van der Waals surface area contributed by atoms with Crippen molar-refractivity contribution in [3.8, 4) is 28.8 Å². The minimum Gasteiger partial charge on any atom is -0.493 e. The number of aromatic nitrogens is 1. The van der Waals surface area contributed by atoms with E-state index >= 15 is 0 Å². The molecule has 154 valence electrons. The van der Waals surface area contributed by atoms with Gasteiger partial charge in [0.15, 0.2) is 23.2 Å². The van der Waals surface area contributed by atoms with Crippen LogP contribution in [0.25, 0.3) is 11.3 Å². The van der Waals surface area contributed by atoms with Crippen LogP contribution in [-0.4, -0.2) is 31.2 Å². The first-order valence-corrected chi connectivity index (χ1v) is 11.2. The van der Waals surface area contributed by atoms with Crippen molar-refractivity contribution in [1.29, 1.82) is 5.26 Å². The predicted molar refractivity (Wildman–Crippen MR) is 117 cm³/mol. The first-order valence-electron chi connectivity index (χ1n) is 8.91. The molecule has 1 heterocycles. The smallest absolute Gasteiger partial charge is 0.186 e. The van der Waals surface area contributed by atoms with E-state index in [-0.39, 0.29) is 5.82 Å². The predicted octanol–water partition coefficient (Wildman–Crippen LogP) is 5.32. The summed E-state index contributed by atoms with van der Waals surface area (Å²) >= 11 is 2.70. The normalized spacial score (nSPS) is 11.6. The highest BCUT2D eigenvalue weighted by Crippen LogP contribution is 2.34. The first-order chi connectivity index (χ1) is 14.5. The number of benzene rings is 2. The maximum Gasteiger partial charge on any atom is 0.186 e. The fourth-order valence-corrected chi connectivity index (χ4v) is 4.34. The fourth-order valence-electron chi connectivity index (χ4n) is 2.94. The number of methoxy groups -OCH3 is 2. The van der Waals surface area contributed by atoms with Crippen molar-refractivity contribution in [3.05, 3.63) is 63.7 Å². The van der Waals surface area contributed by atoms with E-state index in [2.05, 4.69) is 4.98 Å². The summed E-state index contributed by atoms with van der Waals surface area (Å²) in [5, 5.41) is 11.8. The van der Waals surface area contributed by atoms with Crippen LogP contribution >= 0.6 is 23.1 Å².